The van der Waals surface area contributed by atoms with Gasteiger partial charge in [0.1, 0.15) is 0 Å². The molecule has 1 atom stereocenters. The van der Waals surface area contributed by atoms with Gasteiger partial charge in [0.25, 0.3) is 0 Å². The van der Waals surface area contributed by atoms with Crippen molar-refractivity contribution in [2.75, 3.05) is 13.2 Å². The summed E-state index contributed by atoms with van der Waals surface area (Å²) in [6.07, 6.45) is 6.47. The summed E-state index contributed by atoms with van der Waals surface area (Å²) in [7, 11) is 0. The van der Waals surface area contributed by atoms with Gasteiger partial charge in [-0.25, -0.2) is 0 Å². The molecule has 0 aromatic carbocycles. The highest BCUT2D eigenvalue weighted by molar-refractivity contribution is 4.46. The van der Waals surface area contributed by atoms with E-state index in [1.165, 1.54) is 32.1 Å². The van der Waals surface area contributed by atoms with Gasteiger partial charge in [-0.1, -0.05) is 46.5 Å². The molecule has 0 rings (SSSR count). The van der Waals surface area contributed by atoms with Gasteiger partial charge in [0, 0.05) is 13.2 Å². The minimum absolute atomic E-state index is 0.733. The normalized spacial score (nSPS) is 13.2. The zero-order valence-corrected chi connectivity index (χ0v) is 8.94. The Labute approximate surface area is 77.5 Å². The zero-order valence-electron chi connectivity index (χ0n) is 8.94. The van der Waals surface area contributed by atoms with Gasteiger partial charge in [-0.2, -0.15) is 0 Å². The van der Waals surface area contributed by atoms with Gasteiger partial charge in [-0.15, -0.1) is 0 Å². The molecule has 0 aromatic heterocycles. The average Bonchev–Trinajstić information content (AvgIpc) is 2.10. The predicted molar refractivity (Wildman–Crippen MR) is 54.4 cm³/mol. The van der Waals surface area contributed by atoms with Crippen molar-refractivity contribution < 1.29 is 4.74 Å². The lowest BCUT2D eigenvalue weighted by molar-refractivity contribution is 0.100. The molecule has 0 aliphatic heterocycles. The third-order valence-electron chi connectivity index (χ3n) is 2.24. The maximum atomic E-state index is 5.53. The van der Waals surface area contributed by atoms with E-state index in [0.717, 1.165) is 19.1 Å². The van der Waals surface area contributed by atoms with Crippen LogP contribution in [0.15, 0.2) is 0 Å². The molecule has 1 heteroatoms. The van der Waals surface area contributed by atoms with Gasteiger partial charge in [0.05, 0.1) is 0 Å². The first-order valence-electron chi connectivity index (χ1n) is 5.39. The summed E-state index contributed by atoms with van der Waals surface area (Å²) < 4.78 is 5.53. The molecular weight excluding hydrogens is 148 g/mol. The molecule has 0 aromatic rings. The van der Waals surface area contributed by atoms with Crippen molar-refractivity contribution in [2.45, 2.75) is 52.9 Å². The lowest BCUT2D eigenvalue weighted by Gasteiger charge is -2.08. The van der Waals surface area contributed by atoms with Crippen LogP contribution in [-0.4, -0.2) is 13.2 Å². The number of hydrogen-bond donors (Lipinski definition) is 0. The Kier molecular flexibility index (Phi) is 9.02. The fraction of sp³-hybridized carbons (Fsp3) is 1.00. The van der Waals surface area contributed by atoms with Crippen LogP contribution in [-0.2, 0) is 4.74 Å². The molecule has 1 unspecified atom stereocenters. The Bertz CT molecular complexity index is 81.1. The van der Waals surface area contributed by atoms with Crippen LogP contribution in [0.4, 0.5) is 0 Å². The van der Waals surface area contributed by atoms with E-state index in [2.05, 4.69) is 20.8 Å². The van der Waals surface area contributed by atoms with Crippen LogP contribution in [0, 0.1) is 5.92 Å². The van der Waals surface area contributed by atoms with Crippen molar-refractivity contribution in [1.82, 2.24) is 0 Å². The SMILES string of the molecule is CCCCCCOCC(C)CC. The lowest BCUT2D eigenvalue weighted by atomic mass is 10.1. The van der Waals surface area contributed by atoms with E-state index < -0.39 is 0 Å². The predicted octanol–water partition coefficient (Wildman–Crippen LogP) is 3.63. The number of hydrogen-bond acceptors (Lipinski definition) is 1. The van der Waals surface area contributed by atoms with Gasteiger partial charge in [0.2, 0.25) is 0 Å². The van der Waals surface area contributed by atoms with Crippen LogP contribution >= 0.6 is 0 Å². The molecule has 0 amide bonds. The van der Waals surface area contributed by atoms with Crippen LogP contribution in [0.1, 0.15) is 52.9 Å². The van der Waals surface area contributed by atoms with E-state index in [-0.39, 0.29) is 0 Å². The number of ether oxygens (including phenoxy) is 1. The maximum Gasteiger partial charge on any atom is 0.0491 e. The van der Waals surface area contributed by atoms with Gasteiger partial charge in [0.15, 0.2) is 0 Å². The Morgan fingerprint density at radius 2 is 1.83 bits per heavy atom. The third-order valence-corrected chi connectivity index (χ3v) is 2.24. The van der Waals surface area contributed by atoms with Crippen LogP contribution in [0.2, 0.25) is 0 Å². The second-order valence-corrected chi connectivity index (χ2v) is 3.65. The molecule has 0 aliphatic rings. The van der Waals surface area contributed by atoms with Crippen molar-refractivity contribution in [3.05, 3.63) is 0 Å². The fourth-order valence-corrected chi connectivity index (χ4v) is 1.03. The Hall–Kier alpha value is -0.0400. The van der Waals surface area contributed by atoms with E-state index in [1.54, 1.807) is 0 Å². The monoisotopic (exact) mass is 172 g/mol. The highest BCUT2D eigenvalue weighted by atomic mass is 16.5. The van der Waals surface area contributed by atoms with Gasteiger partial charge < -0.3 is 4.74 Å². The third kappa shape index (κ3) is 8.06. The molecule has 0 fully saturated rings. The summed E-state index contributed by atoms with van der Waals surface area (Å²) in [4.78, 5) is 0. The van der Waals surface area contributed by atoms with E-state index in [1.807, 2.05) is 0 Å². The van der Waals surface area contributed by atoms with Crippen molar-refractivity contribution >= 4 is 0 Å². The molecular formula is C11H24O. The standard InChI is InChI=1S/C11H24O/c1-4-6-7-8-9-12-10-11(3)5-2/h11H,4-10H2,1-3H3. The van der Waals surface area contributed by atoms with Crippen LogP contribution in [0.3, 0.4) is 0 Å². The van der Waals surface area contributed by atoms with E-state index >= 15 is 0 Å². The summed E-state index contributed by atoms with van der Waals surface area (Å²) in [5.74, 6) is 0.733. The minimum Gasteiger partial charge on any atom is -0.381 e. The van der Waals surface area contributed by atoms with Crippen molar-refractivity contribution in [1.29, 1.82) is 0 Å². The Morgan fingerprint density at radius 3 is 2.42 bits per heavy atom. The molecule has 0 spiro atoms. The van der Waals surface area contributed by atoms with E-state index in [9.17, 15) is 0 Å². The second-order valence-electron chi connectivity index (χ2n) is 3.65. The molecule has 0 bridgehead atoms. The fourth-order valence-electron chi connectivity index (χ4n) is 1.03. The maximum absolute atomic E-state index is 5.53. The Morgan fingerprint density at radius 1 is 1.08 bits per heavy atom. The molecule has 0 aliphatic carbocycles. The summed E-state index contributed by atoms with van der Waals surface area (Å²) >= 11 is 0. The van der Waals surface area contributed by atoms with E-state index in [0.29, 0.717) is 0 Å². The van der Waals surface area contributed by atoms with Gasteiger partial charge in [-0.3, -0.25) is 0 Å². The molecule has 12 heavy (non-hydrogen) atoms. The first-order valence-corrected chi connectivity index (χ1v) is 5.39. The average molecular weight is 172 g/mol. The molecule has 74 valence electrons. The first-order chi connectivity index (χ1) is 5.81. The first kappa shape index (κ1) is 12.0. The van der Waals surface area contributed by atoms with Crippen LogP contribution < -0.4 is 0 Å². The van der Waals surface area contributed by atoms with Gasteiger partial charge >= 0.3 is 0 Å². The highest BCUT2D eigenvalue weighted by Gasteiger charge is 1.97. The van der Waals surface area contributed by atoms with Crippen molar-refractivity contribution in [2.24, 2.45) is 5.92 Å². The number of rotatable bonds is 8. The highest BCUT2D eigenvalue weighted by Crippen LogP contribution is 2.03. The largest absolute Gasteiger partial charge is 0.381 e. The Balaban J connectivity index is 2.90. The van der Waals surface area contributed by atoms with Gasteiger partial charge in [-0.05, 0) is 12.3 Å². The summed E-state index contributed by atoms with van der Waals surface area (Å²) in [5, 5.41) is 0. The molecule has 1 nitrogen and oxygen atoms in total. The quantitative estimate of drug-likeness (QED) is 0.508. The lowest BCUT2D eigenvalue weighted by Crippen LogP contribution is -2.05. The molecule has 0 N–H and O–H groups in total. The van der Waals surface area contributed by atoms with Crippen LogP contribution in [0.5, 0.6) is 0 Å². The molecule has 0 saturated carbocycles. The summed E-state index contributed by atoms with van der Waals surface area (Å²) in [5.41, 5.74) is 0. The van der Waals surface area contributed by atoms with Crippen molar-refractivity contribution in [3.63, 3.8) is 0 Å². The van der Waals surface area contributed by atoms with Crippen LogP contribution in [0.25, 0.3) is 0 Å². The second kappa shape index (κ2) is 9.05. The summed E-state index contributed by atoms with van der Waals surface area (Å²) in [6, 6.07) is 0. The number of unbranched alkanes of at least 4 members (excludes halogenated alkanes) is 3. The zero-order chi connectivity index (χ0) is 9.23. The summed E-state index contributed by atoms with van der Waals surface area (Å²) in [6.45, 7) is 8.60. The molecule has 0 heterocycles. The smallest absolute Gasteiger partial charge is 0.0491 e. The van der Waals surface area contributed by atoms with Crippen molar-refractivity contribution in [3.8, 4) is 0 Å². The van der Waals surface area contributed by atoms with E-state index in [4.69, 9.17) is 4.74 Å². The topological polar surface area (TPSA) is 9.23 Å². The molecule has 0 saturated heterocycles. The molecule has 0 radical (unpaired) electrons. The minimum atomic E-state index is 0.733.